The van der Waals surface area contributed by atoms with E-state index in [0.29, 0.717) is 80.3 Å². The molecule has 1 saturated heterocycles. The van der Waals surface area contributed by atoms with Crippen LogP contribution < -0.4 is 29.8 Å². The zero-order chi connectivity index (χ0) is 24.5. The van der Waals surface area contributed by atoms with Gasteiger partial charge in [-0.05, 0) is 32.0 Å². The third kappa shape index (κ3) is 4.58. The summed E-state index contributed by atoms with van der Waals surface area (Å²) < 4.78 is 38.9. The van der Waals surface area contributed by atoms with Crippen LogP contribution >= 0.6 is 0 Å². The summed E-state index contributed by atoms with van der Waals surface area (Å²) in [7, 11) is 0. The fraction of sp³-hybridized carbons (Fsp3) is 0.462. The number of hydrogen-bond acceptors (Lipinski definition) is 8. The van der Waals surface area contributed by atoms with Crippen LogP contribution in [0.3, 0.4) is 0 Å². The molecule has 0 unspecified atom stereocenters. The second-order valence-corrected chi connectivity index (χ2v) is 9.28. The Morgan fingerprint density at radius 1 is 0.944 bits per heavy atom. The highest BCUT2D eigenvalue weighted by molar-refractivity contribution is 5.88. The van der Waals surface area contributed by atoms with Gasteiger partial charge in [-0.1, -0.05) is 0 Å². The van der Waals surface area contributed by atoms with E-state index in [2.05, 4.69) is 15.2 Å². The number of ether oxygens (including phenoxy) is 4. The molecular formula is C26H29FN4O5. The van der Waals surface area contributed by atoms with Crippen molar-refractivity contribution in [1.82, 2.24) is 19.8 Å². The molecule has 6 rings (SSSR count). The smallest absolute Gasteiger partial charge is 0.251 e. The number of rotatable bonds is 6. The van der Waals surface area contributed by atoms with Crippen LogP contribution in [0.1, 0.15) is 18.5 Å². The van der Waals surface area contributed by atoms with Gasteiger partial charge in [0.05, 0.1) is 11.9 Å². The maximum atomic E-state index is 14.7. The molecule has 3 aliphatic heterocycles. The Labute approximate surface area is 207 Å². The lowest BCUT2D eigenvalue weighted by molar-refractivity contribution is 0.170. The lowest BCUT2D eigenvalue weighted by Crippen LogP contribution is -2.43. The summed E-state index contributed by atoms with van der Waals surface area (Å²) in [5.74, 6) is 1.84. The standard InChI is InChI=1S/C26H29FN4O5/c27-20-14-22-26(36-12-11-34-22)25-19(20)1-2-24(32)31(25)8-7-30-5-3-17(4-6-30)28-15-18-13-21-23(16-29-18)35-10-9-33-21/h1-2,13-14,16-17,28H,3-12,15H2. The van der Waals surface area contributed by atoms with Gasteiger partial charge in [-0.3, -0.25) is 9.78 Å². The first kappa shape index (κ1) is 23.1. The van der Waals surface area contributed by atoms with Gasteiger partial charge >= 0.3 is 0 Å². The molecule has 9 nitrogen and oxygen atoms in total. The van der Waals surface area contributed by atoms with Gasteiger partial charge in [0.2, 0.25) is 0 Å². The van der Waals surface area contributed by atoms with Crippen LogP contribution in [0.2, 0.25) is 0 Å². The van der Waals surface area contributed by atoms with Crippen molar-refractivity contribution in [3.63, 3.8) is 0 Å². The topological polar surface area (TPSA) is 87.1 Å². The molecule has 1 fully saturated rings. The molecule has 36 heavy (non-hydrogen) atoms. The van der Waals surface area contributed by atoms with Crippen LogP contribution in [0.4, 0.5) is 4.39 Å². The molecule has 5 heterocycles. The van der Waals surface area contributed by atoms with Gasteiger partial charge in [0, 0.05) is 49.3 Å². The molecule has 0 amide bonds. The van der Waals surface area contributed by atoms with Gasteiger partial charge in [0.15, 0.2) is 23.0 Å². The van der Waals surface area contributed by atoms with Gasteiger partial charge in [-0.15, -0.1) is 0 Å². The maximum Gasteiger partial charge on any atom is 0.251 e. The Bertz CT molecular complexity index is 1320. The highest BCUT2D eigenvalue weighted by atomic mass is 19.1. The van der Waals surface area contributed by atoms with E-state index in [4.69, 9.17) is 18.9 Å². The minimum Gasteiger partial charge on any atom is -0.486 e. The van der Waals surface area contributed by atoms with E-state index >= 15 is 0 Å². The van der Waals surface area contributed by atoms with Gasteiger partial charge in [0.25, 0.3) is 5.56 Å². The average molecular weight is 497 g/mol. The SMILES string of the molecule is O=c1ccc2c(F)cc3c(c2n1CCN1CCC(NCc2cc4c(cn2)OCCO4)CC1)OCCO3. The first-order chi connectivity index (χ1) is 17.7. The second kappa shape index (κ2) is 9.94. The van der Waals surface area contributed by atoms with Gasteiger partial charge < -0.3 is 33.7 Å². The van der Waals surface area contributed by atoms with Crippen molar-refractivity contribution in [2.24, 2.45) is 0 Å². The predicted octanol–water partition coefficient (Wildman–Crippen LogP) is 2.33. The Hall–Kier alpha value is -3.37. The summed E-state index contributed by atoms with van der Waals surface area (Å²) in [6, 6.07) is 6.61. The monoisotopic (exact) mass is 496 g/mol. The van der Waals surface area contributed by atoms with E-state index < -0.39 is 5.82 Å². The van der Waals surface area contributed by atoms with Gasteiger partial charge in [-0.2, -0.15) is 0 Å². The molecule has 0 atom stereocenters. The largest absolute Gasteiger partial charge is 0.486 e. The van der Waals surface area contributed by atoms with Crippen molar-refractivity contribution in [3.05, 3.63) is 52.3 Å². The summed E-state index contributed by atoms with van der Waals surface area (Å²) in [5, 5.41) is 3.97. The quantitative estimate of drug-likeness (QED) is 0.557. The molecule has 10 heteroatoms. The van der Waals surface area contributed by atoms with Crippen molar-refractivity contribution in [3.8, 4) is 23.0 Å². The molecule has 2 aromatic heterocycles. The fourth-order valence-corrected chi connectivity index (χ4v) is 5.09. The first-order valence-corrected chi connectivity index (χ1v) is 12.5. The number of hydrogen-bond donors (Lipinski definition) is 1. The molecule has 0 spiro atoms. The zero-order valence-corrected chi connectivity index (χ0v) is 20.0. The van der Waals surface area contributed by atoms with E-state index in [9.17, 15) is 9.18 Å². The Morgan fingerprint density at radius 3 is 2.53 bits per heavy atom. The maximum absolute atomic E-state index is 14.7. The lowest BCUT2D eigenvalue weighted by Gasteiger charge is -2.32. The van der Waals surface area contributed by atoms with Crippen molar-refractivity contribution >= 4 is 10.9 Å². The minimum absolute atomic E-state index is 0.173. The number of likely N-dealkylation sites (tertiary alicyclic amines) is 1. The molecule has 1 N–H and O–H groups in total. The van der Waals surface area contributed by atoms with Crippen molar-refractivity contribution in [2.45, 2.75) is 32.0 Å². The van der Waals surface area contributed by atoms with E-state index in [0.717, 1.165) is 37.4 Å². The summed E-state index contributed by atoms with van der Waals surface area (Å²) in [6.45, 7) is 5.51. The zero-order valence-electron chi connectivity index (χ0n) is 20.0. The van der Waals surface area contributed by atoms with E-state index in [-0.39, 0.29) is 5.56 Å². The number of pyridine rings is 2. The Kier molecular flexibility index (Phi) is 6.37. The average Bonchev–Trinajstić information content (AvgIpc) is 2.92. The molecule has 0 saturated carbocycles. The Morgan fingerprint density at radius 2 is 1.69 bits per heavy atom. The number of fused-ring (bicyclic) bond motifs is 4. The van der Waals surface area contributed by atoms with E-state index in [1.165, 1.54) is 18.2 Å². The number of halogens is 1. The molecule has 0 aliphatic carbocycles. The minimum atomic E-state index is -0.414. The van der Waals surface area contributed by atoms with E-state index in [1.54, 1.807) is 10.8 Å². The molecule has 190 valence electrons. The fourth-order valence-electron chi connectivity index (χ4n) is 5.09. The van der Waals surface area contributed by atoms with Crippen LogP contribution in [-0.4, -0.2) is 66.6 Å². The van der Waals surface area contributed by atoms with Crippen LogP contribution in [0.5, 0.6) is 23.0 Å². The van der Waals surface area contributed by atoms with Gasteiger partial charge in [-0.25, -0.2) is 4.39 Å². The number of nitrogens with zero attached hydrogens (tertiary/aromatic N) is 3. The molecule has 0 bridgehead atoms. The summed E-state index contributed by atoms with van der Waals surface area (Å²) in [6.07, 6.45) is 3.72. The number of nitrogens with one attached hydrogen (secondary N) is 1. The molecular weight excluding hydrogens is 467 g/mol. The predicted molar refractivity (Wildman–Crippen MR) is 131 cm³/mol. The molecule has 3 aliphatic rings. The Balaban J connectivity index is 1.07. The lowest BCUT2D eigenvalue weighted by atomic mass is 10.0. The molecule has 0 radical (unpaired) electrons. The van der Waals surface area contributed by atoms with Crippen molar-refractivity contribution < 1.29 is 23.3 Å². The normalized spacial score (nSPS) is 17.9. The van der Waals surface area contributed by atoms with Crippen LogP contribution in [0.15, 0.2) is 35.3 Å². The summed E-state index contributed by atoms with van der Waals surface area (Å²) in [5.41, 5.74) is 1.23. The van der Waals surface area contributed by atoms with Crippen molar-refractivity contribution in [2.75, 3.05) is 46.1 Å². The highest BCUT2D eigenvalue weighted by Crippen LogP contribution is 2.38. The third-order valence-corrected chi connectivity index (χ3v) is 7.01. The number of aromatic nitrogens is 2. The van der Waals surface area contributed by atoms with Crippen LogP contribution in [0, 0.1) is 5.82 Å². The summed E-state index contributed by atoms with van der Waals surface area (Å²) in [4.78, 5) is 19.6. The van der Waals surface area contributed by atoms with Crippen molar-refractivity contribution in [1.29, 1.82) is 0 Å². The summed E-state index contributed by atoms with van der Waals surface area (Å²) >= 11 is 0. The third-order valence-electron chi connectivity index (χ3n) is 7.01. The van der Waals surface area contributed by atoms with E-state index in [1.807, 2.05) is 6.07 Å². The number of benzene rings is 1. The second-order valence-electron chi connectivity index (χ2n) is 9.28. The van der Waals surface area contributed by atoms with Gasteiger partial charge in [0.1, 0.15) is 37.8 Å². The van der Waals surface area contributed by atoms with Crippen LogP contribution in [-0.2, 0) is 13.1 Å². The highest BCUT2D eigenvalue weighted by Gasteiger charge is 2.23. The first-order valence-electron chi connectivity index (χ1n) is 12.5. The number of piperidine rings is 1. The van der Waals surface area contributed by atoms with Crippen LogP contribution in [0.25, 0.3) is 10.9 Å². The molecule has 1 aromatic carbocycles. The molecule has 3 aromatic rings.